The van der Waals surface area contributed by atoms with Crippen LogP contribution in [0.2, 0.25) is 0 Å². The quantitative estimate of drug-likeness (QED) is 0.102. The van der Waals surface area contributed by atoms with Crippen molar-refractivity contribution in [3.63, 3.8) is 0 Å². The first kappa shape index (κ1) is 30.7. The summed E-state index contributed by atoms with van der Waals surface area (Å²) in [6.07, 6.45) is -1.54. The van der Waals surface area contributed by atoms with Gasteiger partial charge in [-0.2, -0.15) is 0 Å². The highest BCUT2D eigenvalue weighted by molar-refractivity contribution is 14.1. The van der Waals surface area contributed by atoms with Gasteiger partial charge in [0, 0.05) is 20.6 Å². The van der Waals surface area contributed by atoms with Crippen LogP contribution < -0.4 is 14.2 Å². The topological polar surface area (TPSA) is 80.3 Å². The van der Waals surface area contributed by atoms with Crippen molar-refractivity contribution in [2.75, 3.05) is 0 Å². The SMILES string of the molecule is CC(C)(C)OC(=O)Oc1ccc2ccc3c(c2c1)C(c1cccc(I)c1)c1c(ccc2ccc(OC(=O)OC(C)(C)C)cc12)O3. The van der Waals surface area contributed by atoms with Crippen molar-refractivity contribution in [3.05, 3.63) is 105 Å². The maximum absolute atomic E-state index is 12.6. The van der Waals surface area contributed by atoms with Gasteiger partial charge in [-0.1, -0.05) is 36.4 Å². The predicted octanol–water partition coefficient (Wildman–Crippen LogP) is 10.5. The molecule has 5 aromatic carbocycles. The molecule has 1 heterocycles. The number of ether oxygens (including phenoxy) is 5. The van der Waals surface area contributed by atoms with Crippen LogP contribution in [0, 0.1) is 3.57 Å². The van der Waals surface area contributed by atoms with Gasteiger partial charge in [0.2, 0.25) is 0 Å². The molecular formula is C37H33IO7. The van der Waals surface area contributed by atoms with Crippen molar-refractivity contribution in [3.8, 4) is 23.0 Å². The summed E-state index contributed by atoms with van der Waals surface area (Å²) >= 11 is 2.32. The average molecular weight is 717 g/mol. The molecule has 0 atom stereocenters. The Bertz CT molecular complexity index is 1850. The number of hydrogen-bond acceptors (Lipinski definition) is 7. The van der Waals surface area contributed by atoms with Gasteiger partial charge in [-0.25, -0.2) is 9.59 Å². The number of fused-ring (bicyclic) bond motifs is 6. The van der Waals surface area contributed by atoms with E-state index in [1.54, 1.807) is 53.7 Å². The molecule has 7 nitrogen and oxygen atoms in total. The molecule has 0 aromatic heterocycles. The Hall–Kier alpha value is -4.31. The van der Waals surface area contributed by atoms with Gasteiger partial charge in [0.25, 0.3) is 0 Å². The molecule has 230 valence electrons. The van der Waals surface area contributed by atoms with Crippen LogP contribution in [0.4, 0.5) is 9.59 Å². The van der Waals surface area contributed by atoms with Crippen LogP contribution in [-0.4, -0.2) is 23.5 Å². The molecule has 8 heteroatoms. The van der Waals surface area contributed by atoms with E-state index in [-0.39, 0.29) is 5.92 Å². The van der Waals surface area contributed by atoms with Crippen LogP contribution >= 0.6 is 22.6 Å². The average Bonchev–Trinajstić information content (AvgIpc) is 2.93. The molecular weight excluding hydrogens is 683 g/mol. The lowest BCUT2D eigenvalue weighted by molar-refractivity contribution is 0.0193. The van der Waals surface area contributed by atoms with Crippen molar-refractivity contribution < 1.29 is 33.3 Å². The highest BCUT2D eigenvalue weighted by Gasteiger charge is 2.33. The Balaban J connectivity index is 1.53. The van der Waals surface area contributed by atoms with Crippen LogP contribution in [-0.2, 0) is 9.47 Å². The van der Waals surface area contributed by atoms with E-state index in [0.717, 1.165) is 41.8 Å². The fourth-order valence-corrected chi connectivity index (χ4v) is 6.09. The zero-order chi connectivity index (χ0) is 32.1. The number of hydrogen-bond donors (Lipinski definition) is 0. The molecule has 0 bridgehead atoms. The molecule has 6 rings (SSSR count). The third kappa shape index (κ3) is 6.71. The third-order valence-electron chi connectivity index (χ3n) is 7.15. The molecule has 0 radical (unpaired) electrons. The van der Waals surface area contributed by atoms with Gasteiger partial charge >= 0.3 is 12.3 Å². The molecule has 0 saturated heterocycles. The number of benzene rings is 5. The summed E-state index contributed by atoms with van der Waals surface area (Å²) in [4.78, 5) is 25.1. The Morgan fingerprint density at radius 1 is 0.644 bits per heavy atom. The third-order valence-corrected chi connectivity index (χ3v) is 7.82. The van der Waals surface area contributed by atoms with E-state index in [1.807, 2.05) is 54.6 Å². The number of carbonyl (C=O) groups is 2. The molecule has 0 saturated carbocycles. The van der Waals surface area contributed by atoms with Crippen LogP contribution in [0.15, 0.2) is 84.9 Å². The highest BCUT2D eigenvalue weighted by Crippen LogP contribution is 2.53. The second kappa shape index (κ2) is 11.6. The van der Waals surface area contributed by atoms with E-state index in [2.05, 4.69) is 40.8 Å². The zero-order valence-electron chi connectivity index (χ0n) is 25.9. The second-order valence-corrected chi connectivity index (χ2v) is 14.2. The lowest BCUT2D eigenvalue weighted by atomic mass is 9.78. The molecule has 0 spiro atoms. The second-order valence-electron chi connectivity index (χ2n) is 12.9. The zero-order valence-corrected chi connectivity index (χ0v) is 28.1. The monoisotopic (exact) mass is 716 g/mol. The molecule has 1 aliphatic heterocycles. The standard InChI is InChI=1S/C37H33IO7/c1-36(2,3)44-34(39)41-25-14-10-21-12-16-29-32(27(21)19-25)31(23-8-7-9-24(38)18-23)33-28-20-26(42-35(40)45-37(4,5)6)15-11-22(28)13-17-30(33)43-29/h7-20,31H,1-6H3. The summed E-state index contributed by atoms with van der Waals surface area (Å²) in [6.45, 7) is 10.7. The van der Waals surface area contributed by atoms with E-state index in [4.69, 9.17) is 23.7 Å². The minimum atomic E-state index is -0.772. The van der Waals surface area contributed by atoms with Gasteiger partial charge in [0.15, 0.2) is 0 Å². The Morgan fingerprint density at radius 2 is 1.11 bits per heavy atom. The van der Waals surface area contributed by atoms with Gasteiger partial charge in [0.05, 0.1) is 0 Å². The highest BCUT2D eigenvalue weighted by atomic mass is 127. The molecule has 5 aromatic rings. The summed E-state index contributed by atoms with van der Waals surface area (Å²) < 4.78 is 29.7. The maximum atomic E-state index is 12.6. The largest absolute Gasteiger partial charge is 0.514 e. The maximum Gasteiger partial charge on any atom is 0.514 e. The smallest absolute Gasteiger partial charge is 0.457 e. The van der Waals surface area contributed by atoms with Crippen LogP contribution in [0.3, 0.4) is 0 Å². The Morgan fingerprint density at radius 3 is 1.56 bits per heavy atom. The molecule has 0 N–H and O–H groups in total. The van der Waals surface area contributed by atoms with Crippen LogP contribution in [0.1, 0.15) is 64.2 Å². The molecule has 45 heavy (non-hydrogen) atoms. The van der Waals surface area contributed by atoms with Crippen molar-refractivity contribution in [1.82, 2.24) is 0 Å². The van der Waals surface area contributed by atoms with Gasteiger partial charge in [-0.3, -0.25) is 0 Å². The number of carbonyl (C=O) groups excluding carboxylic acids is 2. The molecule has 0 unspecified atom stereocenters. The van der Waals surface area contributed by atoms with Crippen molar-refractivity contribution in [2.45, 2.75) is 58.7 Å². The first-order valence-corrected chi connectivity index (χ1v) is 15.7. The lowest BCUT2D eigenvalue weighted by Crippen LogP contribution is -2.26. The van der Waals surface area contributed by atoms with E-state index >= 15 is 0 Å². The van der Waals surface area contributed by atoms with Crippen LogP contribution in [0.25, 0.3) is 21.5 Å². The fourth-order valence-electron chi connectivity index (χ4n) is 5.52. The number of rotatable bonds is 3. The van der Waals surface area contributed by atoms with Gasteiger partial charge in [-0.05, 0) is 140 Å². The van der Waals surface area contributed by atoms with Crippen molar-refractivity contribution in [1.29, 1.82) is 0 Å². The summed E-state index contributed by atoms with van der Waals surface area (Å²) in [5.74, 6) is 1.87. The van der Waals surface area contributed by atoms with Crippen molar-refractivity contribution in [2.24, 2.45) is 0 Å². The van der Waals surface area contributed by atoms with E-state index in [1.165, 1.54) is 0 Å². The first-order chi connectivity index (χ1) is 21.2. The van der Waals surface area contributed by atoms with Crippen LogP contribution in [0.5, 0.6) is 23.0 Å². The van der Waals surface area contributed by atoms with Gasteiger partial charge < -0.3 is 23.7 Å². The van der Waals surface area contributed by atoms with Gasteiger partial charge in [-0.15, -0.1) is 0 Å². The number of halogens is 1. The minimum Gasteiger partial charge on any atom is -0.457 e. The van der Waals surface area contributed by atoms with E-state index < -0.39 is 23.5 Å². The summed E-state index contributed by atoms with van der Waals surface area (Å²) in [5.41, 5.74) is 1.55. The minimum absolute atomic E-state index is 0.264. The molecule has 1 aliphatic rings. The normalized spacial score (nSPS) is 13.0. The fraction of sp³-hybridized carbons (Fsp3) is 0.243. The van der Waals surface area contributed by atoms with E-state index in [0.29, 0.717) is 23.0 Å². The predicted molar refractivity (Wildman–Crippen MR) is 182 cm³/mol. The molecule has 0 amide bonds. The molecule has 0 aliphatic carbocycles. The summed E-state index contributed by atoms with van der Waals surface area (Å²) in [5, 5.41) is 3.67. The Labute approximate surface area is 275 Å². The summed E-state index contributed by atoms with van der Waals surface area (Å²) in [7, 11) is 0. The lowest BCUT2D eigenvalue weighted by Gasteiger charge is -2.31. The first-order valence-electron chi connectivity index (χ1n) is 14.6. The van der Waals surface area contributed by atoms with E-state index in [9.17, 15) is 9.59 Å². The summed E-state index contributed by atoms with van der Waals surface area (Å²) in [6, 6.07) is 27.4. The van der Waals surface area contributed by atoms with Gasteiger partial charge in [0.1, 0.15) is 34.2 Å². The van der Waals surface area contributed by atoms with Crippen molar-refractivity contribution >= 4 is 56.4 Å². The molecule has 0 fully saturated rings. The Kier molecular flexibility index (Phi) is 7.89.